The van der Waals surface area contributed by atoms with Crippen LogP contribution in [0, 0.1) is 10.1 Å². The first kappa shape index (κ1) is 15.3. The Kier molecular flexibility index (Phi) is 5.65. The Labute approximate surface area is 114 Å². The van der Waals surface area contributed by atoms with Gasteiger partial charge in [-0.15, -0.1) is 0 Å². The predicted octanol–water partition coefficient (Wildman–Crippen LogP) is 1.53. The molecule has 7 nitrogen and oxygen atoms in total. The Morgan fingerprint density at radius 2 is 2.37 bits per heavy atom. The SMILES string of the molecule is CC(CCCO)NC(=O)c1cc([N+](=O)[O-])cnc1Cl. The third-order valence-corrected chi connectivity index (χ3v) is 2.75. The van der Waals surface area contributed by atoms with E-state index in [0.717, 1.165) is 12.3 Å². The zero-order valence-electron chi connectivity index (χ0n) is 10.3. The van der Waals surface area contributed by atoms with Gasteiger partial charge in [0.05, 0.1) is 10.5 Å². The number of halogens is 1. The molecule has 0 saturated heterocycles. The molecule has 0 aliphatic heterocycles. The quantitative estimate of drug-likeness (QED) is 0.469. The maximum absolute atomic E-state index is 11.9. The highest BCUT2D eigenvalue weighted by atomic mass is 35.5. The lowest BCUT2D eigenvalue weighted by Gasteiger charge is -2.13. The first-order chi connectivity index (χ1) is 8.95. The topological polar surface area (TPSA) is 105 Å². The smallest absolute Gasteiger partial charge is 0.288 e. The minimum Gasteiger partial charge on any atom is -0.396 e. The summed E-state index contributed by atoms with van der Waals surface area (Å²) in [5.41, 5.74) is -0.329. The van der Waals surface area contributed by atoms with E-state index >= 15 is 0 Å². The Hall–Kier alpha value is -1.73. The molecule has 1 amide bonds. The van der Waals surface area contributed by atoms with Crippen molar-refractivity contribution >= 4 is 23.2 Å². The number of nitrogens with one attached hydrogen (secondary N) is 1. The zero-order chi connectivity index (χ0) is 14.4. The molecule has 19 heavy (non-hydrogen) atoms. The summed E-state index contributed by atoms with van der Waals surface area (Å²) in [6, 6.07) is 0.915. The van der Waals surface area contributed by atoms with Gasteiger partial charge in [0.1, 0.15) is 11.3 Å². The monoisotopic (exact) mass is 287 g/mol. The van der Waals surface area contributed by atoms with Gasteiger partial charge in [-0.05, 0) is 19.8 Å². The summed E-state index contributed by atoms with van der Waals surface area (Å²) in [5.74, 6) is -0.522. The molecule has 0 fully saturated rings. The molecule has 1 rings (SSSR count). The molecule has 1 unspecified atom stereocenters. The van der Waals surface area contributed by atoms with E-state index in [9.17, 15) is 14.9 Å². The predicted molar refractivity (Wildman–Crippen MR) is 69.1 cm³/mol. The van der Waals surface area contributed by atoms with E-state index in [1.807, 2.05) is 0 Å². The van der Waals surface area contributed by atoms with Crippen molar-refractivity contribution in [1.82, 2.24) is 10.3 Å². The highest BCUT2D eigenvalue weighted by Gasteiger charge is 2.18. The first-order valence-corrected chi connectivity index (χ1v) is 6.05. The number of nitro groups is 1. The second-order valence-electron chi connectivity index (χ2n) is 4.03. The number of aromatic nitrogens is 1. The Morgan fingerprint density at radius 1 is 1.68 bits per heavy atom. The molecule has 8 heteroatoms. The molecule has 0 radical (unpaired) electrons. The molecule has 0 saturated carbocycles. The zero-order valence-corrected chi connectivity index (χ0v) is 11.1. The standard InChI is InChI=1S/C11H14ClN3O4/c1-7(3-2-4-16)14-11(17)9-5-8(15(18)19)6-13-10(9)12/h5-7,16H,2-4H2,1H3,(H,14,17). The molecule has 2 N–H and O–H groups in total. The van der Waals surface area contributed by atoms with Crippen LogP contribution in [0.4, 0.5) is 5.69 Å². The minimum absolute atomic E-state index is 0.0354. The summed E-state index contributed by atoms with van der Waals surface area (Å²) in [6.45, 7) is 1.81. The number of carbonyl (C=O) groups excluding carboxylic acids is 1. The van der Waals surface area contributed by atoms with Gasteiger partial charge in [-0.2, -0.15) is 0 Å². The van der Waals surface area contributed by atoms with Crippen LogP contribution in [0.15, 0.2) is 12.3 Å². The Balaban J connectivity index is 2.81. The Bertz CT molecular complexity index is 481. The van der Waals surface area contributed by atoms with Crippen molar-refractivity contribution in [2.24, 2.45) is 0 Å². The van der Waals surface area contributed by atoms with E-state index in [0.29, 0.717) is 12.8 Å². The number of amides is 1. The third-order valence-electron chi connectivity index (χ3n) is 2.45. The maximum atomic E-state index is 11.9. The van der Waals surface area contributed by atoms with Crippen molar-refractivity contribution in [2.45, 2.75) is 25.8 Å². The summed E-state index contributed by atoms with van der Waals surface area (Å²) >= 11 is 5.75. The summed E-state index contributed by atoms with van der Waals surface area (Å²) in [4.78, 5) is 25.5. The molecule has 0 aliphatic rings. The maximum Gasteiger partial charge on any atom is 0.288 e. The number of aliphatic hydroxyl groups excluding tert-OH is 1. The van der Waals surface area contributed by atoms with Crippen LogP contribution in [-0.4, -0.2) is 33.6 Å². The van der Waals surface area contributed by atoms with Gasteiger partial charge in [0, 0.05) is 18.7 Å². The summed E-state index contributed by atoms with van der Waals surface area (Å²) < 4.78 is 0. The van der Waals surface area contributed by atoms with Gasteiger partial charge in [-0.1, -0.05) is 11.6 Å². The molecule has 104 valence electrons. The number of hydrogen-bond acceptors (Lipinski definition) is 5. The summed E-state index contributed by atoms with van der Waals surface area (Å²) in [6.07, 6.45) is 2.15. The first-order valence-electron chi connectivity index (χ1n) is 5.67. The van der Waals surface area contributed by atoms with Gasteiger partial charge in [0.15, 0.2) is 0 Å². The molecule has 0 spiro atoms. The van der Waals surface area contributed by atoms with Gasteiger partial charge in [-0.3, -0.25) is 14.9 Å². The van der Waals surface area contributed by atoms with Crippen molar-refractivity contribution in [3.8, 4) is 0 Å². The second-order valence-corrected chi connectivity index (χ2v) is 4.39. The van der Waals surface area contributed by atoms with Crippen LogP contribution in [0.1, 0.15) is 30.1 Å². The largest absolute Gasteiger partial charge is 0.396 e. The fraction of sp³-hybridized carbons (Fsp3) is 0.455. The van der Waals surface area contributed by atoms with E-state index in [-0.39, 0.29) is 29.1 Å². The van der Waals surface area contributed by atoms with Crippen LogP contribution in [0.3, 0.4) is 0 Å². The lowest BCUT2D eigenvalue weighted by molar-refractivity contribution is -0.385. The fourth-order valence-electron chi connectivity index (χ4n) is 1.47. The van der Waals surface area contributed by atoms with Gasteiger partial charge < -0.3 is 10.4 Å². The van der Waals surface area contributed by atoms with E-state index in [1.54, 1.807) is 6.92 Å². The van der Waals surface area contributed by atoms with E-state index in [4.69, 9.17) is 16.7 Å². The molecular weight excluding hydrogens is 274 g/mol. The van der Waals surface area contributed by atoms with E-state index < -0.39 is 10.8 Å². The van der Waals surface area contributed by atoms with Gasteiger partial charge in [0.25, 0.3) is 11.6 Å². The van der Waals surface area contributed by atoms with Crippen LogP contribution in [0.5, 0.6) is 0 Å². The van der Waals surface area contributed by atoms with Crippen molar-refractivity contribution in [1.29, 1.82) is 0 Å². The van der Waals surface area contributed by atoms with Crippen molar-refractivity contribution < 1.29 is 14.8 Å². The minimum atomic E-state index is -0.644. The molecule has 1 heterocycles. The fourth-order valence-corrected chi connectivity index (χ4v) is 1.66. The number of hydrogen-bond donors (Lipinski definition) is 2. The van der Waals surface area contributed by atoms with Crippen molar-refractivity contribution in [3.05, 3.63) is 33.1 Å². The molecule has 0 aromatic carbocycles. The summed E-state index contributed by atoms with van der Waals surface area (Å²) in [5, 5.41) is 21.9. The van der Waals surface area contributed by atoms with Crippen LogP contribution >= 0.6 is 11.6 Å². The Morgan fingerprint density at radius 3 is 2.95 bits per heavy atom. The number of rotatable bonds is 6. The normalized spacial score (nSPS) is 11.9. The molecular formula is C11H14ClN3O4. The van der Waals surface area contributed by atoms with Crippen LogP contribution in [0.2, 0.25) is 5.15 Å². The van der Waals surface area contributed by atoms with Gasteiger partial charge in [-0.25, -0.2) is 4.98 Å². The summed E-state index contributed by atoms with van der Waals surface area (Å²) in [7, 11) is 0. The van der Waals surface area contributed by atoms with Crippen molar-refractivity contribution in [3.63, 3.8) is 0 Å². The van der Waals surface area contributed by atoms with Crippen LogP contribution in [0.25, 0.3) is 0 Å². The molecule has 1 aromatic rings. The average Bonchev–Trinajstić information content (AvgIpc) is 2.36. The van der Waals surface area contributed by atoms with Gasteiger partial charge in [0.2, 0.25) is 0 Å². The van der Waals surface area contributed by atoms with Crippen LogP contribution in [-0.2, 0) is 0 Å². The average molecular weight is 288 g/mol. The highest BCUT2D eigenvalue weighted by Crippen LogP contribution is 2.19. The second kappa shape index (κ2) is 7.01. The molecule has 1 atom stereocenters. The number of nitrogens with zero attached hydrogens (tertiary/aromatic N) is 2. The third kappa shape index (κ3) is 4.46. The lowest BCUT2D eigenvalue weighted by atomic mass is 10.1. The van der Waals surface area contributed by atoms with Crippen LogP contribution < -0.4 is 5.32 Å². The lowest BCUT2D eigenvalue weighted by Crippen LogP contribution is -2.33. The van der Waals surface area contributed by atoms with Gasteiger partial charge >= 0.3 is 0 Å². The number of aliphatic hydroxyl groups is 1. The highest BCUT2D eigenvalue weighted by molar-refractivity contribution is 6.32. The number of carbonyl (C=O) groups is 1. The molecule has 0 aliphatic carbocycles. The van der Waals surface area contributed by atoms with Crippen molar-refractivity contribution in [2.75, 3.05) is 6.61 Å². The molecule has 1 aromatic heterocycles. The van der Waals surface area contributed by atoms with E-state index in [1.165, 1.54) is 0 Å². The van der Waals surface area contributed by atoms with E-state index in [2.05, 4.69) is 10.3 Å². The number of pyridine rings is 1. The molecule has 0 bridgehead atoms.